The second-order valence-electron chi connectivity index (χ2n) is 7.84. The smallest absolute Gasteiger partial charge is 0.119 e. The number of ether oxygens (including phenoxy) is 2. The van der Waals surface area contributed by atoms with Crippen LogP contribution in [0.15, 0.2) is 24.3 Å². The maximum Gasteiger partial charge on any atom is 0.119 e. The Hall–Kier alpha value is -1.10. The van der Waals surface area contributed by atoms with Crippen molar-refractivity contribution < 1.29 is 14.6 Å². The SMILES string of the molecule is C[C@@H]1CN(C[C@@H](O)COc2ccc(C3CCCCC3)cc2)C[C@@H](C)O1. The lowest BCUT2D eigenvalue weighted by atomic mass is 9.84. The molecule has 1 aliphatic heterocycles. The van der Waals surface area contributed by atoms with E-state index in [2.05, 4.69) is 43.0 Å². The van der Waals surface area contributed by atoms with Crippen LogP contribution in [0.3, 0.4) is 0 Å². The molecule has 1 aromatic rings. The van der Waals surface area contributed by atoms with Gasteiger partial charge in [0.2, 0.25) is 0 Å². The first-order valence-corrected chi connectivity index (χ1v) is 9.89. The van der Waals surface area contributed by atoms with E-state index in [1.54, 1.807) is 0 Å². The molecule has 1 aliphatic carbocycles. The van der Waals surface area contributed by atoms with Crippen LogP contribution in [-0.2, 0) is 4.74 Å². The Balaban J connectivity index is 1.43. The number of β-amino-alcohol motifs (C(OH)–C–C–N with tert-alkyl or cyclic N) is 1. The van der Waals surface area contributed by atoms with Crippen LogP contribution < -0.4 is 4.74 Å². The Kier molecular flexibility index (Phi) is 6.74. The Bertz CT molecular complexity index is 502. The second-order valence-corrected chi connectivity index (χ2v) is 7.84. The molecule has 3 atom stereocenters. The molecule has 4 nitrogen and oxygen atoms in total. The van der Waals surface area contributed by atoms with E-state index in [0.717, 1.165) is 24.8 Å². The number of aliphatic hydroxyl groups excluding tert-OH is 1. The van der Waals surface area contributed by atoms with Gasteiger partial charge in [-0.05, 0) is 50.3 Å². The molecule has 0 bridgehead atoms. The quantitative estimate of drug-likeness (QED) is 0.854. The van der Waals surface area contributed by atoms with Crippen molar-refractivity contribution in [2.45, 2.75) is 70.2 Å². The van der Waals surface area contributed by atoms with Gasteiger partial charge in [-0.2, -0.15) is 0 Å². The van der Waals surface area contributed by atoms with Gasteiger partial charge in [-0.1, -0.05) is 31.4 Å². The summed E-state index contributed by atoms with van der Waals surface area (Å²) >= 11 is 0. The van der Waals surface area contributed by atoms with Gasteiger partial charge < -0.3 is 14.6 Å². The average molecular weight is 347 g/mol. The number of hydrogen-bond donors (Lipinski definition) is 1. The van der Waals surface area contributed by atoms with Crippen LogP contribution in [0.2, 0.25) is 0 Å². The molecule has 1 heterocycles. The minimum absolute atomic E-state index is 0.226. The van der Waals surface area contributed by atoms with Gasteiger partial charge in [0.25, 0.3) is 0 Å². The molecule has 0 amide bonds. The molecule has 1 aromatic carbocycles. The minimum atomic E-state index is -0.476. The van der Waals surface area contributed by atoms with Crippen molar-refractivity contribution in [1.29, 1.82) is 0 Å². The van der Waals surface area contributed by atoms with Gasteiger partial charge in [0.05, 0.1) is 12.2 Å². The van der Waals surface area contributed by atoms with Gasteiger partial charge in [0.1, 0.15) is 18.5 Å². The molecule has 3 rings (SSSR count). The third-order valence-corrected chi connectivity index (χ3v) is 5.36. The summed E-state index contributed by atoms with van der Waals surface area (Å²) in [5.74, 6) is 1.57. The normalized spacial score (nSPS) is 27.2. The summed E-state index contributed by atoms with van der Waals surface area (Å²) in [5, 5.41) is 10.3. The zero-order chi connectivity index (χ0) is 17.6. The van der Waals surface area contributed by atoms with E-state index in [1.807, 2.05) is 0 Å². The van der Waals surface area contributed by atoms with Crippen LogP contribution in [0.25, 0.3) is 0 Å². The predicted octanol–water partition coefficient (Wildman–Crippen LogP) is 3.58. The summed E-state index contributed by atoms with van der Waals surface area (Å²) in [5.41, 5.74) is 1.43. The Labute approximate surface area is 152 Å². The van der Waals surface area contributed by atoms with Crippen LogP contribution in [-0.4, -0.2) is 54.6 Å². The highest BCUT2D eigenvalue weighted by atomic mass is 16.5. The van der Waals surface area contributed by atoms with E-state index in [-0.39, 0.29) is 12.2 Å². The van der Waals surface area contributed by atoms with Crippen LogP contribution >= 0.6 is 0 Å². The molecule has 140 valence electrons. The first kappa shape index (κ1) is 18.7. The van der Waals surface area contributed by atoms with Crippen LogP contribution in [0.1, 0.15) is 57.4 Å². The van der Waals surface area contributed by atoms with Crippen molar-refractivity contribution in [2.75, 3.05) is 26.2 Å². The van der Waals surface area contributed by atoms with Gasteiger partial charge >= 0.3 is 0 Å². The lowest BCUT2D eigenvalue weighted by Gasteiger charge is -2.36. The number of benzene rings is 1. The summed E-state index contributed by atoms with van der Waals surface area (Å²) in [6.07, 6.45) is 6.70. The van der Waals surface area contributed by atoms with Crippen LogP contribution in [0, 0.1) is 0 Å². The van der Waals surface area contributed by atoms with E-state index in [1.165, 1.54) is 37.7 Å². The molecular weight excluding hydrogens is 314 g/mol. The minimum Gasteiger partial charge on any atom is -0.491 e. The van der Waals surface area contributed by atoms with Crippen molar-refractivity contribution in [1.82, 2.24) is 4.90 Å². The maximum atomic E-state index is 10.3. The molecule has 2 fully saturated rings. The molecule has 0 aromatic heterocycles. The number of aliphatic hydroxyl groups is 1. The van der Waals surface area contributed by atoms with E-state index in [0.29, 0.717) is 13.2 Å². The first-order valence-electron chi connectivity index (χ1n) is 9.89. The summed E-state index contributed by atoms with van der Waals surface area (Å²) in [4.78, 5) is 2.26. The Morgan fingerprint density at radius 3 is 2.36 bits per heavy atom. The van der Waals surface area contributed by atoms with Gasteiger partial charge in [-0.15, -0.1) is 0 Å². The van der Waals surface area contributed by atoms with E-state index >= 15 is 0 Å². The predicted molar refractivity (Wildman–Crippen MR) is 100 cm³/mol. The summed E-state index contributed by atoms with van der Waals surface area (Å²) < 4.78 is 11.5. The highest BCUT2D eigenvalue weighted by molar-refractivity contribution is 5.29. The fraction of sp³-hybridized carbons (Fsp3) is 0.714. The highest BCUT2D eigenvalue weighted by Gasteiger charge is 2.24. The third kappa shape index (κ3) is 5.70. The fourth-order valence-electron chi connectivity index (χ4n) is 4.25. The van der Waals surface area contributed by atoms with Crippen molar-refractivity contribution >= 4 is 0 Å². The van der Waals surface area contributed by atoms with Crippen LogP contribution in [0.4, 0.5) is 0 Å². The molecular formula is C21H33NO3. The molecule has 1 saturated carbocycles. The number of nitrogens with zero attached hydrogens (tertiary/aromatic N) is 1. The Morgan fingerprint density at radius 1 is 1.08 bits per heavy atom. The Morgan fingerprint density at radius 2 is 1.72 bits per heavy atom. The fourth-order valence-corrected chi connectivity index (χ4v) is 4.25. The number of rotatable bonds is 6. The first-order chi connectivity index (χ1) is 12.1. The molecule has 1 N–H and O–H groups in total. The van der Waals surface area contributed by atoms with Crippen LogP contribution in [0.5, 0.6) is 5.75 Å². The monoisotopic (exact) mass is 347 g/mol. The lowest BCUT2D eigenvalue weighted by molar-refractivity contribution is -0.0786. The van der Waals surface area contributed by atoms with E-state index in [9.17, 15) is 5.11 Å². The van der Waals surface area contributed by atoms with Gasteiger partial charge in [0, 0.05) is 19.6 Å². The van der Waals surface area contributed by atoms with E-state index in [4.69, 9.17) is 9.47 Å². The molecule has 2 aliphatic rings. The molecule has 0 unspecified atom stereocenters. The second kappa shape index (κ2) is 9.02. The molecule has 0 radical (unpaired) electrons. The topological polar surface area (TPSA) is 41.9 Å². The largest absolute Gasteiger partial charge is 0.491 e. The summed E-state index contributed by atoms with van der Waals surface area (Å²) in [7, 11) is 0. The highest BCUT2D eigenvalue weighted by Crippen LogP contribution is 2.33. The zero-order valence-electron chi connectivity index (χ0n) is 15.7. The molecule has 0 spiro atoms. The molecule has 1 saturated heterocycles. The van der Waals surface area contributed by atoms with Crippen molar-refractivity contribution in [2.24, 2.45) is 0 Å². The van der Waals surface area contributed by atoms with Crippen molar-refractivity contribution in [3.8, 4) is 5.75 Å². The molecule has 4 heteroatoms. The van der Waals surface area contributed by atoms with Crippen molar-refractivity contribution in [3.63, 3.8) is 0 Å². The van der Waals surface area contributed by atoms with Gasteiger partial charge in [0.15, 0.2) is 0 Å². The summed E-state index contributed by atoms with van der Waals surface area (Å²) in [6.45, 7) is 6.88. The molecule has 25 heavy (non-hydrogen) atoms. The van der Waals surface area contributed by atoms with Gasteiger partial charge in [-0.3, -0.25) is 4.90 Å². The zero-order valence-corrected chi connectivity index (χ0v) is 15.7. The average Bonchev–Trinajstić information content (AvgIpc) is 2.60. The van der Waals surface area contributed by atoms with Gasteiger partial charge in [-0.25, -0.2) is 0 Å². The maximum absolute atomic E-state index is 10.3. The number of hydrogen-bond acceptors (Lipinski definition) is 4. The lowest BCUT2D eigenvalue weighted by Crippen LogP contribution is -2.48. The summed E-state index contributed by atoms with van der Waals surface area (Å²) in [6, 6.07) is 8.50. The van der Waals surface area contributed by atoms with Crippen molar-refractivity contribution in [3.05, 3.63) is 29.8 Å². The third-order valence-electron chi connectivity index (χ3n) is 5.36. The van der Waals surface area contributed by atoms with E-state index < -0.39 is 6.10 Å². The number of morpholine rings is 1. The standard InChI is InChI=1S/C21H33NO3/c1-16-12-22(13-17(2)25-16)14-20(23)15-24-21-10-8-19(9-11-21)18-6-4-3-5-7-18/h8-11,16-18,20,23H,3-7,12-15H2,1-2H3/t16-,17-,20-/m1/s1.